The molecular formula is C12H16N6O2S. The maximum atomic E-state index is 12.3. The SMILES string of the molecule is CCCn1cc(S(=O)(=O)Nc2nn(C)cc2C#N)nc1C. The van der Waals surface area contributed by atoms with Gasteiger partial charge in [-0.15, -0.1) is 0 Å². The Kier molecular flexibility index (Phi) is 3.99. The molecule has 0 saturated heterocycles. The van der Waals surface area contributed by atoms with Gasteiger partial charge in [0.2, 0.25) is 0 Å². The maximum Gasteiger partial charge on any atom is 0.282 e. The van der Waals surface area contributed by atoms with Gasteiger partial charge < -0.3 is 4.57 Å². The molecule has 0 aliphatic rings. The highest BCUT2D eigenvalue weighted by Crippen LogP contribution is 2.17. The average molecular weight is 308 g/mol. The Labute approximate surface area is 123 Å². The van der Waals surface area contributed by atoms with Gasteiger partial charge in [0.1, 0.15) is 17.5 Å². The molecule has 0 unspecified atom stereocenters. The standard InChI is InChI=1S/C12H16N6O2S/c1-4-5-18-8-11(14-9(18)2)21(19,20)16-12-10(6-13)7-17(3)15-12/h7-8H,4-5H2,1-3H3,(H,15,16). The van der Waals surface area contributed by atoms with Crippen LogP contribution in [0.15, 0.2) is 17.4 Å². The average Bonchev–Trinajstić information content (AvgIpc) is 2.94. The monoisotopic (exact) mass is 308 g/mol. The highest BCUT2D eigenvalue weighted by molar-refractivity contribution is 7.92. The first-order valence-corrected chi connectivity index (χ1v) is 7.86. The first-order valence-electron chi connectivity index (χ1n) is 6.37. The first kappa shape index (κ1) is 15.1. The van der Waals surface area contributed by atoms with Crippen molar-refractivity contribution < 1.29 is 8.42 Å². The molecule has 9 heteroatoms. The van der Waals surface area contributed by atoms with Crippen LogP contribution in [0.3, 0.4) is 0 Å². The number of anilines is 1. The van der Waals surface area contributed by atoms with Crippen LogP contribution in [0.5, 0.6) is 0 Å². The predicted octanol–water partition coefficient (Wildman–Crippen LogP) is 1.01. The van der Waals surface area contributed by atoms with E-state index in [1.54, 1.807) is 18.5 Å². The summed E-state index contributed by atoms with van der Waals surface area (Å²) in [6, 6.07) is 1.89. The second-order valence-electron chi connectivity index (χ2n) is 4.60. The normalized spacial score (nSPS) is 11.3. The van der Waals surface area contributed by atoms with Crippen LogP contribution < -0.4 is 4.72 Å². The van der Waals surface area contributed by atoms with Crippen molar-refractivity contribution in [2.75, 3.05) is 4.72 Å². The smallest absolute Gasteiger partial charge is 0.282 e. The van der Waals surface area contributed by atoms with Crippen molar-refractivity contribution in [3.63, 3.8) is 0 Å². The Morgan fingerprint density at radius 3 is 2.76 bits per heavy atom. The van der Waals surface area contributed by atoms with Gasteiger partial charge in [0.05, 0.1) is 0 Å². The van der Waals surface area contributed by atoms with Gasteiger partial charge in [0.15, 0.2) is 10.8 Å². The second kappa shape index (κ2) is 5.57. The van der Waals surface area contributed by atoms with Gasteiger partial charge in [-0.2, -0.15) is 18.8 Å². The molecule has 2 heterocycles. The molecule has 0 aliphatic carbocycles. The summed E-state index contributed by atoms with van der Waals surface area (Å²) in [5.41, 5.74) is 0.158. The highest BCUT2D eigenvalue weighted by atomic mass is 32.2. The number of hydrogen-bond donors (Lipinski definition) is 1. The highest BCUT2D eigenvalue weighted by Gasteiger charge is 2.22. The van der Waals surface area contributed by atoms with Gasteiger partial charge in [0, 0.05) is 26.0 Å². The Bertz CT molecular complexity index is 796. The van der Waals surface area contributed by atoms with Crippen LogP contribution in [0, 0.1) is 18.3 Å². The van der Waals surface area contributed by atoms with E-state index < -0.39 is 10.0 Å². The number of aryl methyl sites for hydroxylation is 3. The molecule has 0 radical (unpaired) electrons. The summed E-state index contributed by atoms with van der Waals surface area (Å²) in [7, 11) is -2.25. The fourth-order valence-electron chi connectivity index (χ4n) is 1.90. The molecule has 2 rings (SSSR count). The summed E-state index contributed by atoms with van der Waals surface area (Å²) in [5, 5.41) is 12.8. The van der Waals surface area contributed by atoms with Crippen molar-refractivity contribution in [1.82, 2.24) is 19.3 Å². The number of imidazole rings is 1. The van der Waals surface area contributed by atoms with Crippen LogP contribution in [0.2, 0.25) is 0 Å². The van der Waals surface area contributed by atoms with Gasteiger partial charge in [-0.05, 0) is 13.3 Å². The third-order valence-corrected chi connectivity index (χ3v) is 4.08. The van der Waals surface area contributed by atoms with E-state index in [0.717, 1.165) is 6.42 Å². The molecule has 2 aromatic rings. The maximum absolute atomic E-state index is 12.3. The first-order chi connectivity index (χ1) is 9.87. The van der Waals surface area contributed by atoms with E-state index in [1.165, 1.54) is 17.1 Å². The molecule has 0 fully saturated rings. The molecule has 8 nitrogen and oxygen atoms in total. The van der Waals surface area contributed by atoms with Gasteiger partial charge in [0.25, 0.3) is 10.0 Å². The summed E-state index contributed by atoms with van der Waals surface area (Å²) >= 11 is 0. The lowest BCUT2D eigenvalue weighted by Crippen LogP contribution is -2.14. The van der Waals surface area contributed by atoms with E-state index in [1.807, 2.05) is 13.0 Å². The Balaban J connectivity index is 2.34. The minimum Gasteiger partial charge on any atom is -0.334 e. The molecule has 2 aromatic heterocycles. The zero-order valence-corrected chi connectivity index (χ0v) is 12.8. The number of aromatic nitrogens is 4. The van der Waals surface area contributed by atoms with E-state index in [-0.39, 0.29) is 16.4 Å². The molecule has 0 saturated carbocycles. The Morgan fingerprint density at radius 1 is 1.43 bits per heavy atom. The topological polar surface area (TPSA) is 106 Å². The van der Waals surface area contributed by atoms with Crippen LogP contribution in [0.4, 0.5) is 5.82 Å². The lowest BCUT2D eigenvalue weighted by molar-refractivity contribution is 0.597. The van der Waals surface area contributed by atoms with Crippen LogP contribution in [-0.4, -0.2) is 27.7 Å². The van der Waals surface area contributed by atoms with Crippen molar-refractivity contribution in [3.05, 3.63) is 23.8 Å². The number of rotatable bonds is 5. The third-order valence-electron chi connectivity index (χ3n) is 2.87. The largest absolute Gasteiger partial charge is 0.334 e. The van der Waals surface area contributed by atoms with Crippen molar-refractivity contribution in [3.8, 4) is 6.07 Å². The molecule has 0 bridgehead atoms. The molecule has 0 aliphatic heterocycles. The Hall–Kier alpha value is -2.34. The van der Waals surface area contributed by atoms with Crippen LogP contribution in [0.1, 0.15) is 24.7 Å². The van der Waals surface area contributed by atoms with Crippen LogP contribution in [-0.2, 0) is 23.6 Å². The quantitative estimate of drug-likeness (QED) is 0.887. The Morgan fingerprint density at radius 2 is 2.14 bits per heavy atom. The minimum atomic E-state index is -3.86. The van der Waals surface area contributed by atoms with Gasteiger partial charge in [-0.3, -0.25) is 9.40 Å². The molecule has 0 atom stereocenters. The lowest BCUT2D eigenvalue weighted by atomic mass is 10.4. The van der Waals surface area contributed by atoms with E-state index in [4.69, 9.17) is 5.26 Å². The zero-order chi connectivity index (χ0) is 15.6. The van der Waals surface area contributed by atoms with E-state index in [9.17, 15) is 8.42 Å². The summed E-state index contributed by atoms with van der Waals surface area (Å²) < 4.78 is 30.1. The summed E-state index contributed by atoms with van der Waals surface area (Å²) in [6.45, 7) is 4.44. The van der Waals surface area contributed by atoms with Crippen molar-refractivity contribution in [2.45, 2.75) is 31.8 Å². The van der Waals surface area contributed by atoms with Crippen LogP contribution >= 0.6 is 0 Å². The lowest BCUT2D eigenvalue weighted by Gasteiger charge is -2.02. The molecule has 112 valence electrons. The minimum absolute atomic E-state index is 0.00249. The van der Waals surface area contributed by atoms with E-state index in [2.05, 4.69) is 14.8 Å². The zero-order valence-electron chi connectivity index (χ0n) is 12.0. The predicted molar refractivity (Wildman–Crippen MR) is 76.0 cm³/mol. The summed E-state index contributed by atoms with van der Waals surface area (Å²) in [4.78, 5) is 4.05. The van der Waals surface area contributed by atoms with E-state index in [0.29, 0.717) is 12.4 Å². The molecular weight excluding hydrogens is 292 g/mol. The molecule has 0 spiro atoms. The number of nitrogens with zero attached hydrogens (tertiary/aromatic N) is 5. The van der Waals surface area contributed by atoms with Gasteiger partial charge >= 0.3 is 0 Å². The molecule has 1 N–H and O–H groups in total. The van der Waals surface area contributed by atoms with Crippen molar-refractivity contribution in [1.29, 1.82) is 5.26 Å². The number of nitriles is 1. The molecule has 0 aromatic carbocycles. The van der Waals surface area contributed by atoms with Crippen molar-refractivity contribution >= 4 is 15.8 Å². The van der Waals surface area contributed by atoms with Crippen LogP contribution in [0.25, 0.3) is 0 Å². The van der Waals surface area contributed by atoms with Gasteiger partial charge in [-0.25, -0.2) is 4.98 Å². The van der Waals surface area contributed by atoms with Crippen molar-refractivity contribution in [2.24, 2.45) is 7.05 Å². The number of sulfonamides is 1. The fourth-order valence-corrected chi connectivity index (χ4v) is 2.93. The second-order valence-corrected chi connectivity index (χ2v) is 6.23. The van der Waals surface area contributed by atoms with E-state index >= 15 is 0 Å². The summed E-state index contributed by atoms with van der Waals surface area (Å²) in [5.74, 6) is 0.626. The summed E-state index contributed by atoms with van der Waals surface area (Å²) in [6.07, 6.45) is 3.80. The van der Waals surface area contributed by atoms with Gasteiger partial charge in [-0.1, -0.05) is 6.92 Å². The molecule has 0 amide bonds. The fraction of sp³-hybridized carbons (Fsp3) is 0.417. The third kappa shape index (κ3) is 3.05. The molecule has 21 heavy (non-hydrogen) atoms. The number of hydrogen-bond acceptors (Lipinski definition) is 5. The number of nitrogens with one attached hydrogen (secondary N) is 1.